The van der Waals surface area contributed by atoms with Gasteiger partial charge in [-0.25, -0.2) is 9.18 Å². The number of hydrogen-bond acceptors (Lipinski definition) is 4. The van der Waals surface area contributed by atoms with E-state index < -0.39 is 30.0 Å². The van der Waals surface area contributed by atoms with Crippen LogP contribution in [0.15, 0.2) is 109 Å². The number of likely N-dealkylation sites (N-methyl/N-ethyl adjacent to an activating group) is 1. The summed E-state index contributed by atoms with van der Waals surface area (Å²) in [7, 11) is 1.70. The molecule has 1 fully saturated rings. The van der Waals surface area contributed by atoms with Gasteiger partial charge in [-0.3, -0.25) is 14.5 Å². The number of benzene rings is 4. The molecule has 0 saturated carbocycles. The number of amides is 3. The Morgan fingerprint density at radius 2 is 1.52 bits per heavy atom. The fourth-order valence-corrected chi connectivity index (χ4v) is 4.77. The van der Waals surface area contributed by atoms with Crippen LogP contribution in [0.2, 0.25) is 0 Å². The van der Waals surface area contributed by atoms with Crippen molar-refractivity contribution in [3.8, 4) is 0 Å². The molecule has 0 aromatic heterocycles. The minimum atomic E-state index is -0.945. The molecular weight excluding hydrogens is 509 g/mol. The second-order valence-electron chi connectivity index (χ2n) is 9.60. The second kappa shape index (κ2) is 11.8. The van der Waals surface area contributed by atoms with Gasteiger partial charge in [-0.05, 0) is 41.0 Å². The fourth-order valence-electron chi connectivity index (χ4n) is 4.77. The van der Waals surface area contributed by atoms with Crippen LogP contribution in [0.4, 0.5) is 14.9 Å². The number of halogens is 1. The van der Waals surface area contributed by atoms with Gasteiger partial charge in [-0.15, -0.1) is 0 Å². The molecule has 4 aromatic rings. The zero-order valence-corrected chi connectivity index (χ0v) is 21.9. The maximum Gasteiger partial charge on any atom is 0.411 e. The summed E-state index contributed by atoms with van der Waals surface area (Å²) < 4.78 is 19.9. The summed E-state index contributed by atoms with van der Waals surface area (Å²) in [6.45, 7) is 0.546. The number of nitrogens with zero attached hydrogens (tertiary/aromatic N) is 2. The number of ether oxygens (including phenoxy) is 1. The van der Waals surface area contributed by atoms with Crippen molar-refractivity contribution in [3.05, 3.63) is 137 Å². The van der Waals surface area contributed by atoms with Gasteiger partial charge in [0.25, 0.3) is 5.91 Å². The van der Waals surface area contributed by atoms with Crippen LogP contribution in [0.5, 0.6) is 0 Å². The molecule has 0 bridgehead atoms. The molecule has 40 heavy (non-hydrogen) atoms. The Hall–Kier alpha value is -4.98. The quantitative estimate of drug-likeness (QED) is 0.308. The Bertz CT molecular complexity index is 1510. The van der Waals surface area contributed by atoms with E-state index >= 15 is 0 Å². The molecule has 2 atom stereocenters. The van der Waals surface area contributed by atoms with Crippen LogP contribution in [0.1, 0.15) is 33.2 Å². The fraction of sp³-hybridized carbons (Fsp3) is 0.156. The molecule has 3 amide bonds. The molecule has 5 rings (SSSR count). The highest BCUT2D eigenvalue weighted by molar-refractivity contribution is 6.04. The number of nitrogens with one attached hydrogen (secondary N) is 1. The third-order valence-corrected chi connectivity index (χ3v) is 6.76. The van der Waals surface area contributed by atoms with Gasteiger partial charge in [0, 0.05) is 19.3 Å². The van der Waals surface area contributed by atoms with Crippen LogP contribution in [-0.4, -0.2) is 40.8 Å². The summed E-state index contributed by atoms with van der Waals surface area (Å²) in [5.41, 5.74) is 2.63. The summed E-state index contributed by atoms with van der Waals surface area (Å²) in [5.74, 6) is -1.53. The van der Waals surface area contributed by atoms with Gasteiger partial charge in [-0.1, -0.05) is 84.9 Å². The van der Waals surface area contributed by atoms with Crippen molar-refractivity contribution in [3.63, 3.8) is 0 Å². The molecule has 1 heterocycles. The SMILES string of the molecule is CN(Cc1ccccc1)C(=O)[C@H]1[C@@H](c2cccc(NC(=O)c3ccccc3F)c2)OC(=O)N1Cc1ccccc1. The van der Waals surface area contributed by atoms with Crippen molar-refractivity contribution in [2.45, 2.75) is 25.2 Å². The molecule has 4 aromatic carbocycles. The van der Waals surface area contributed by atoms with E-state index in [2.05, 4.69) is 5.32 Å². The van der Waals surface area contributed by atoms with E-state index in [4.69, 9.17) is 4.74 Å². The summed E-state index contributed by atoms with van der Waals surface area (Å²) in [5, 5.41) is 2.70. The molecule has 1 saturated heterocycles. The normalized spacial score (nSPS) is 16.4. The maximum absolute atomic E-state index is 14.1. The third-order valence-electron chi connectivity index (χ3n) is 6.76. The first-order valence-corrected chi connectivity index (χ1v) is 12.9. The Morgan fingerprint density at radius 3 is 2.23 bits per heavy atom. The highest BCUT2D eigenvalue weighted by Gasteiger charge is 2.48. The van der Waals surface area contributed by atoms with Crippen molar-refractivity contribution >= 4 is 23.6 Å². The Morgan fingerprint density at radius 1 is 0.875 bits per heavy atom. The molecule has 1 aliphatic heterocycles. The van der Waals surface area contributed by atoms with Crippen molar-refractivity contribution in [1.29, 1.82) is 0 Å². The first-order chi connectivity index (χ1) is 19.4. The van der Waals surface area contributed by atoms with E-state index in [1.165, 1.54) is 23.1 Å². The largest absolute Gasteiger partial charge is 0.438 e. The Kier molecular flexibility index (Phi) is 7.87. The summed E-state index contributed by atoms with van der Waals surface area (Å²) >= 11 is 0. The summed E-state index contributed by atoms with van der Waals surface area (Å²) in [6, 6.07) is 30.4. The zero-order chi connectivity index (χ0) is 28.1. The number of rotatable bonds is 8. The molecule has 7 nitrogen and oxygen atoms in total. The van der Waals surface area contributed by atoms with E-state index in [9.17, 15) is 18.8 Å². The summed E-state index contributed by atoms with van der Waals surface area (Å²) in [4.78, 5) is 42.8. The lowest BCUT2D eigenvalue weighted by molar-refractivity contribution is -0.136. The van der Waals surface area contributed by atoms with Crippen LogP contribution in [0.25, 0.3) is 0 Å². The van der Waals surface area contributed by atoms with E-state index in [-0.39, 0.29) is 18.0 Å². The third kappa shape index (κ3) is 5.86. The Balaban J connectivity index is 1.44. The van der Waals surface area contributed by atoms with Crippen LogP contribution < -0.4 is 5.32 Å². The van der Waals surface area contributed by atoms with E-state index in [0.717, 1.165) is 11.1 Å². The number of anilines is 1. The van der Waals surface area contributed by atoms with Gasteiger partial charge < -0.3 is 15.0 Å². The standard InChI is InChI=1S/C32H28FN3O4/c1-35(20-22-11-4-2-5-12-22)31(38)28-29(40-32(39)36(28)21-23-13-6-3-7-14-23)24-15-10-16-25(19-24)34-30(37)26-17-8-9-18-27(26)33/h2-19,28-29H,20-21H2,1H3,(H,34,37)/t28-,29-/m1/s1. The van der Waals surface area contributed by atoms with Gasteiger partial charge >= 0.3 is 6.09 Å². The van der Waals surface area contributed by atoms with Gasteiger partial charge in [0.1, 0.15) is 5.82 Å². The van der Waals surface area contributed by atoms with Crippen molar-refractivity contribution in [1.82, 2.24) is 9.80 Å². The molecule has 0 unspecified atom stereocenters. The highest BCUT2D eigenvalue weighted by Crippen LogP contribution is 2.36. The number of cyclic esters (lactones) is 1. The average molecular weight is 538 g/mol. The van der Waals surface area contributed by atoms with Crippen LogP contribution in [0, 0.1) is 5.82 Å². The van der Waals surface area contributed by atoms with Gasteiger partial charge in [0.05, 0.1) is 12.1 Å². The number of hydrogen-bond donors (Lipinski definition) is 1. The van der Waals surface area contributed by atoms with Crippen LogP contribution in [-0.2, 0) is 22.6 Å². The molecule has 0 radical (unpaired) electrons. The monoisotopic (exact) mass is 537 g/mol. The zero-order valence-electron chi connectivity index (χ0n) is 21.9. The molecular formula is C32H28FN3O4. The van der Waals surface area contributed by atoms with Crippen molar-refractivity contribution in [2.24, 2.45) is 0 Å². The minimum Gasteiger partial charge on any atom is -0.438 e. The molecule has 8 heteroatoms. The van der Waals surface area contributed by atoms with Crippen molar-refractivity contribution < 1.29 is 23.5 Å². The predicted octanol–water partition coefficient (Wildman–Crippen LogP) is 5.80. The van der Waals surface area contributed by atoms with Crippen LogP contribution in [0.3, 0.4) is 0 Å². The molecule has 202 valence electrons. The van der Waals surface area contributed by atoms with E-state index in [0.29, 0.717) is 17.8 Å². The molecule has 1 aliphatic rings. The Labute approximate surface area is 231 Å². The minimum absolute atomic E-state index is 0.0928. The van der Waals surface area contributed by atoms with Gasteiger partial charge in [-0.2, -0.15) is 0 Å². The lowest BCUT2D eigenvalue weighted by atomic mass is 9.99. The second-order valence-corrected chi connectivity index (χ2v) is 9.60. The topological polar surface area (TPSA) is 79.0 Å². The lowest BCUT2D eigenvalue weighted by Gasteiger charge is -2.28. The maximum atomic E-state index is 14.1. The highest BCUT2D eigenvalue weighted by atomic mass is 19.1. The smallest absolute Gasteiger partial charge is 0.411 e. The average Bonchev–Trinajstić information content (AvgIpc) is 3.29. The number of carbonyl (C=O) groups excluding carboxylic acids is 3. The first kappa shape index (κ1) is 26.6. The molecule has 0 aliphatic carbocycles. The predicted molar refractivity (Wildman–Crippen MR) is 149 cm³/mol. The van der Waals surface area contributed by atoms with Gasteiger partial charge in [0.2, 0.25) is 5.91 Å². The number of carbonyl (C=O) groups is 3. The molecule has 0 spiro atoms. The summed E-state index contributed by atoms with van der Waals surface area (Å²) in [6.07, 6.45) is -1.53. The van der Waals surface area contributed by atoms with Crippen LogP contribution >= 0.6 is 0 Å². The van der Waals surface area contributed by atoms with E-state index in [1.54, 1.807) is 42.3 Å². The van der Waals surface area contributed by atoms with Gasteiger partial charge in [0.15, 0.2) is 12.1 Å². The lowest BCUT2D eigenvalue weighted by Crippen LogP contribution is -2.46. The van der Waals surface area contributed by atoms with E-state index in [1.807, 2.05) is 60.7 Å². The molecule has 1 N–H and O–H groups in total. The van der Waals surface area contributed by atoms with Crippen molar-refractivity contribution in [2.75, 3.05) is 12.4 Å². The first-order valence-electron chi connectivity index (χ1n) is 12.9.